The fourth-order valence-corrected chi connectivity index (χ4v) is 1.45. The Morgan fingerprint density at radius 1 is 1.24 bits per heavy atom. The molecule has 94 valence electrons. The van der Waals surface area contributed by atoms with Crippen molar-refractivity contribution in [3.63, 3.8) is 0 Å². The molecule has 0 unspecified atom stereocenters. The smallest absolute Gasteiger partial charge is 0.307 e. The normalized spacial score (nSPS) is 10.8. The van der Waals surface area contributed by atoms with E-state index in [1.54, 1.807) is 0 Å². The number of azo groups is 2. The molecule has 0 heterocycles. The third kappa shape index (κ3) is 6.17. The van der Waals surface area contributed by atoms with Crippen molar-refractivity contribution in [1.29, 1.82) is 0 Å². The van der Waals surface area contributed by atoms with Crippen molar-refractivity contribution in [2.24, 2.45) is 5.11 Å². The van der Waals surface area contributed by atoms with Crippen LogP contribution in [0, 0.1) is 0 Å². The fourth-order valence-electron chi connectivity index (χ4n) is 1.45. The van der Waals surface area contributed by atoms with Crippen molar-refractivity contribution < 1.29 is 21.9 Å². The van der Waals surface area contributed by atoms with Crippen molar-refractivity contribution in [2.75, 3.05) is 6.54 Å². The van der Waals surface area contributed by atoms with E-state index in [0.29, 0.717) is 13.0 Å². The van der Waals surface area contributed by atoms with Crippen LogP contribution in [-0.2, 0) is 11.3 Å². The second-order valence-corrected chi connectivity index (χ2v) is 3.72. The molecule has 1 aromatic rings. The van der Waals surface area contributed by atoms with Crippen LogP contribution in [0.25, 0.3) is 0 Å². The van der Waals surface area contributed by atoms with Crippen LogP contribution in [0.15, 0.2) is 35.4 Å². The van der Waals surface area contributed by atoms with Gasteiger partial charge in [-0.1, -0.05) is 44.2 Å². The third-order valence-electron chi connectivity index (χ3n) is 2.25. The summed E-state index contributed by atoms with van der Waals surface area (Å²) in [7, 11) is 0. The summed E-state index contributed by atoms with van der Waals surface area (Å²) in [4.78, 5) is 11.3. The van der Waals surface area contributed by atoms with Gasteiger partial charge in [0, 0.05) is 23.5 Å². The molecule has 0 aliphatic carbocycles. The average Bonchev–Trinajstić information content (AvgIpc) is 2.30. The molecular formula is C13H19ClN2O. The van der Waals surface area contributed by atoms with Gasteiger partial charge < -0.3 is 12.4 Å². The van der Waals surface area contributed by atoms with Gasteiger partial charge in [0.05, 0.1) is 0 Å². The minimum Gasteiger partial charge on any atom is -1.00 e. The first-order valence-electron chi connectivity index (χ1n) is 5.79. The van der Waals surface area contributed by atoms with Crippen LogP contribution in [0.2, 0.25) is 0 Å². The fraction of sp³-hybridized carbons (Fsp3) is 0.462. The highest BCUT2D eigenvalue weighted by Crippen LogP contribution is 2.02. The van der Waals surface area contributed by atoms with E-state index in [0.717, 1.165) is 13.0 Å². The molecule has 1 aromatic carbocycles. The number of amides is 1. The van der Waals surface area contributed by atoms with Crippen LogP contribution >= 0.6 is 0 Å². The molecule has 0 aromatic heterocycles. The molecule has 0 bridgehead atoms. The molecule has 1 amide bonds. The predicted molar refractivity (Wildman–Crippen MR) is 63.3 cm³/mol. The molecule has 0 radical (unpaired) electrons. The zero-order valence-electron chi connectivity index (χ0n) is 10.4. The Bertz CT molecular complexity index is 363. The third-order valence-corrected chi connectivity index (χ3v) is 2.25. The molecule has 0 atom stereocenters. The number of halogens is 1. The molecule has 0 saturated carbocycles. The lowest BCUT2D eigenvalue weighted by Crippen LogP contribution is -3.00. The Balaban J connectivity index is 0.00000256. The van der Waals surface area contributed by atoms with Crippen LogP contribution in [0.4, 0.5) is 0 Å². The molecule has 0 saturated heterocycles. The van der Waals surface area contributed by atoms with Gasteiger partial charge in [0.25, 0.3) is 0 Å². The number of carbonyl (C=O) groups is 1. The summed E-state index contributed by atoms with van der Waals surface area (Å²) in [6, 6.07) is 10.1. The molecule has 17 heavy (non-hydrogen) atoms. The predicted octanol–water partition coefficient (Wildman–Crippen LogP) is 0.00190. The Morgan fingerprint density at radius 2 is 1.88 bits per heavy atom. The van der Waals surface area contributed by atoms with Crippen LogP contribution in [0.3, 0.4) is 0 Å². The van der Waals surface area contributed by atoms with E-state index in [9.17, 15) is 4.79 Å². The average molecular weight is 255 g/mol. The van der Waals surface area contributed by atoms with Gasteiger partial charge in [0.1, 0.15) is 0 Å². The molecule has 1 rings (SSSR count). The lowest BCUT2D eigenvalue weighted by atomic mass is 10.2. The van der Waals surface area contributed by atoms with Crippen LogP contribution in [0.1, 0.15) is 32.3 Å². The Morgan fingerprint density at radius 3 is 2.41 bits per heavy atom. The van der Waals surface area contributed by atoms with Crippen molar-refractivity contribution >= 4 is 5.91 Å². The van der Waals surface area contributed by atoms with Gasteiger partial charge in [0.15, 0.2) is 13.1 Å². The number of rotatable bonds is 5. The van der Waals surface area contributed by atoms with Gasteiger partial charge in [-0.05, 0) is 0 Å². The van der Waals surface area contributed by atoms with Gasteiger partial charge in [-0.2, -0.15) is 0 Å². The van der Waals surface area contributed by atoms with E-state index in [2.05, 4.69) is 24.2 Å². The molecule has 0 spiro atoms. The Labute approximate surface area is 109 Å². The minimum atomic E-state index is -0.0515. The molecule has 0 N–H and O–H groups in total. The summed E-state index contributed by atoms with van der Waals surface area (Å²) in [5.74, 6) is -0.0515. The van der Waals surface area contributed by atoms with E-state index >= 15 is 0 Å². The van der Waals surface area contributed by atoms with E-state index in [-0.39, 0.29) is 18.3 Å². The van der Waals surface area contributed by atoms with E-state index in [4.69, 9.17) is 0 Å². The first-order chi connectivity index (χ1) is 7.76. The summed E-state index contributed by atoms with van der Waals surface area (Å²) in [6.45, 7) is 5.45. The van der Waals surface area contributed by atoms with Gasteiger partial charge in [0.2, 0.25) is 0 Å². The van der Waals surface area contributed by atoms with Gasteiger partial charge in [-0.3, -0.25) is 4.79 Å². The number of carbonyl (C=O) groups excluding carboxylic acids is 1. The van der Waals surface area contributed by atoms with Crippen molar-refractivity contribution in [3.8, 4) is 0 Å². The second kappa shape index (κ2) is 8.88. The molecular weight excluding hydrogens is 236 g/mol. The van der Waals surface area contributed by atoms with Crippen LogP contribution in [-0.4, -0.2) is 17.1 Å². The highest BCUT2D eigenvalue weighted by molar-refractivity contribution is 5.75. The highest BCUT2D eigenvalue weighted by atomic mass is 35.5. The van der Waals surface area contributed by atoms with Crippen molar-refractivity contribution in [3.05, 3.63) is 35.9 Å². The lowest BCUT2D eigenvalue weighted by Gasteiger charge is -1.99. The second-order valence-electron chi connectivity index (χ2n) is 3.72. The molecule has 3 nitrogen and oxygen atoms in total. The summed E-state index contributed by atoms with van der Waals surface area (Å²) in [5, 5.41) is 4.07. The monoisotopic (exact) mass is 254 g/mol. The first-order valence-corrected chi connectivity index (χ1v) is 5.79. The topological polar surface area (TPSA) is 32.4 Å². The van der Waals surface area contributed by atoms with Gasteiger partial charge in [-0.25, -0.2) is 0 Å². The van der Waals surface area contributed by atoms with Crippen LogP contribution in [0.5, 0.6) is 0 Å². The van der Waals surface area contributed by atoms with Gasteiger partial charge >= 0.3 is 5.91 Å². The minimum absolute atomic E-state index is 0. The van der Waals surface area contributed by atoms with E-state index in [1.165, 1.54) is 5.56 Å². The highest BCUT2D eigenvalue weighted by Gasteiger charge is 2.09. The summed E-state index contributed by atoms with van der Waals surface area (Å²) in [6.07, 6.45) is 1.46. The zero-order valence-corrected chi connectivity index (χ0v) is 11.2. The summed E-state index contributed by atoms with van der Waals surface area (Å²) >= 11 is 0. The maximum absolute atomic E-state index is 11.3. The number of benzene rings is 1. The number of hydrogen-bond donors (Lipinski definition) is 0. The Kier molecular flexibility index (Phi) is 8.24. The molecule has 0 aliphatic heterocycles. The summed E-state index contributed by atoms with van der Waals surface area (Å²) < 4.78 is 1.85. The first kappa shape index (κ1) is 15.8. The maximum atomic E-state index is 11.3. The lowest BCUT2D eigenvalue weighted by molar-refractivity contribution is -0.604. The van der Waals surface area contributed by atoms with Crippen LogP contribution < -0.4 is 12.4 Å². The number of hydrogen-bond acceptors (Lipinski definition) is 1. The van der Waals surface area contributed by atoms with Crippen molar-refractivity contribution in [2.45, 2.75) is 33.2 Å². The standard InChI is InChI=1S/C13H19N2O.ClH/c1-3-10-15(14-13(16)4-2)11-12-8-6-5-7-9-12;/h5-9H,3-4,10-11H2,1-2H3;1H/q+1;/p-1. The molecule has 0 aliphatic rings. The maximum Gasteiger partial charge on any atom is 0.307 e. The van der Waals surface area contributed by atoms with Crippen molar-refractivity contribution in [1.82, 2.24) is 0 Å². The largest absolute Gasteiger partial charge is 1.00 e. The van der Waals surface area contributed by atoms with E-state index < -0.39 is 0 Å². The quantitative estimate of drug-likeness (QED) is 0.538. The summed E-state index contributed by atoms with van der Waals surface area (Å²) in [5.41, 5.74) is 1.18. The number of nitrogens with zero attached hydrogens (tertiary/aromatic N) is 2. The van der Waals surface area contributed by atoms with Gasteiger partial charge in [-0.15, -0.1) is 4.70 Å². The SMILES string of the molecule is CCC[N+](Cc1ccccc1)=NC(=O)CC.[Cl-]. The van der Waals surface area contributed by atoms with E-state index in [1.807, 2.05) is 29.8 Å². The Hall–Kier alpha value is -1.22. The zero-order chi connectivity index (χ0) is 11.8. The molecule has 4 heteroatoms. The molecule has 0 fully saturated rings.